The van der Waals surface area contributed by atoms with Gasteiger partial charge in [0.05, 0.1) is 24.9 Å². The predicted molar refractivity (Wildman–Crippen MR) is 106 cm³/mol. The molecule has 0 atom stereocenters. The van der Waals surface area contributed by atoms with E-state index in [0.29, 0.717) is 39.9 Å². The largest absolute Gasteiger partial charge is 0.495 e. The zero-order chi connectivity index (χ0) is 19.8. The quantitative estimate of drug-likeness (QED) is 0.664. The summed E-state index contributed by atoms with van der Waals surface area (Å²) in [5, 5.41) is 5.97. The van der Waals surface area contributed by atoms with Gasteiger partial charge in [-0.3, -0.25) is 9.59 Å². The van der Waals surface area contributed by atoms with Crippen LogP contribution >= 0.6 is 11.6 Å². The minimum Gasteiger partial charge on any atom is -0.495 e. The molecule has 0 aromatic heterocycles. The van der Waals surface area contributed by atoms with E-state index in [-0.39, 0.29) is 11.8 Å². The number of carbonyl (C=O) groups is 2. The molecule has 0 unspecified atom stereocenters. The summed E-state index contributed by atoms with van der Waals surface area (Å²) in [5.41, 5.74) is 1.20. The molecule has 0 aliphatic heterocycles. The summed E-state index contributed by atoms with van der Waals surface area (Å²) in [7, 11) is 2.97. The monoisotopic (exact) mass is 390 g/mol. The molecule has 0 aliphatic rings. The second-order valence-electron chi connectivity index (χ2n) is 5.83. The highest BCUT2D eigenvalue weighted by Gasteiger charge is 2.15. The van der Waals surface area contributed by atoms with Gasteiger partial charge in [-0.2, -0.15) is 0 Å². The van der Waals surface area contributed by atoms with Crippen molar-refractivity contribution in [3.8, 4) is 11.5 Å². The molecule has 0 radical (unpaired) electrons. The van der Waals surface area contributed by atoms with E-state index in [1.807, 2.05) is 0 Å². The predicted octanol–water partition coefficient (Wildman–Crippen LogP) is 4.14. The number of hydrogen-bond donors (Lipinski definition) is 2. The van der Waals surface area contributed by atoms with Crippen molar-refractivity contribution >= 4 is 29.1 Å². The van der Waals surface area contributed by atoms with Gasteiger partial charge in [0.1, 0.15) is 11.5 Å². The van der Waals surface area contributed by atoms with Gasteiger partial charge in [0.15, 0.2) is 0 Å². The number of ether oxygens (including phenoxy) is 2. The van der Waals surface area contributed by atoms with Gasteiger partial charge in [-0.05, 0) is 24.6 Å². The van der Waals surface area contributed by atoms with Crippen LogP contribution in [0.3, 0.4) is 0 Å². The highest BCUT2D eigenvalue weighted by molar-refractivity contribution is 6.32. The Morgan fingerprint density at radius 1 is 1.00 bits per heavy atom. The van der Waals surface area contributed by atoms with Gasteiger partial charge in [0, 0.05) is 29.8 Å². The summed E-state index contributed by atoms with van der Waals surface area (Å²) >= 11 is 6.08. The van der Waals surface area contributed by atoms with E-state index in [9.17, 15) is 9.59 Å². The van der Waals surface area contributed by atoms with Crippen LogP contribution in [0.4, 0.5) is 5.69 Å². The van der Waals surface area contributed by atoms with Crippen molar-refractivity contribution in [1.29, 1.82) is 0 Å². The van der Waals surface area contributed by atoms with Crippen LogP contribution < -0.4 is 20.1 Å². The van der Waals surface area contributed by atoms with E-state index in [1.54, 1.807) is 36.4 Å². The molecule has 6 nitrogen and oxygen atoms in total. The van der Waals surface area contributed by atoms with Crippen molar-refractivity contribution in [3.05, 3.63) is 52.5 Å². The maximum absolute atomic E-state index is 12.6. The molecule has 0 aliphatic carbocycles. The van der Waals surface area contributed by atoms with E-state index in [4.69, 9.17) is 21.1 Å². The lowest BCUT2D eigenvalue weighted by molar-refractivity contribution is 0.0953. The van der Waals surface area contributed by atoms with Crippen LogP contribution in [-0.2, 0) is 0 Å². The van der Waals surface area contributed by atoms with Crippen LogP contribution in [0, 0.1) is 0 Å². The number of anilines is 1. The smallest absolute Gasteiger partial charge is 0.255 e. The summed E-state index contributed by atoms with van der Waals surface area (Å²) in [6.07, 6.45) is 1.90. The van der Waals surface area contributed by atoms with Gasteiger partial charge in [-0.15, -0.1) is 0 Å². The number of unbranched alkanes of at least 4 members (excludes halogenated alkanes) is 1. The molecular weight excluding hydrogens is 368 g/mol. The van der Waals surface area contributed by atoms with Crippen molar-refractivity contribution in [2.75, 3.05) is 26.1 Å². The Bertz CT molecular complexity index is 824. The molecule has 2 rings (SSSR count). The zero-order valence-corrected chi connectivity index (χ0v) is 16.4. The summed E-state index contributed by atoms with van der Waals surface area (Å²) < 4.78 is 10.4. The summed E-state index contributed by atoms with van der Waals surface area (Å²) in [4.78, 5) is 24.8. The van der Waals surface area contributed by atoms with Crippen molar-refractivity contribution in [1.82, 2.24) is 5.32 Å². The first-order chi connectivity index (χ1) is 13.0. The lowest BCUT2D eigenvalue weighted by Crippen LogP contribution is -2.24. The molecule has 0 spiro atoms. The highest BCUT2D eigenvalue weighted by Crippen LogP contribution is 2.36. The van der Waals surface area contributed by atoms with Gasteiger partial charge in [-0.25, -0.2) is 0 Å². The summed E-state index contributed by atoms with van der Waals surface area (Å²) in [6.45, 7) is 2.66. The summed E-state index contributed by atoms with van der Waals surface area (Å²) in [5.74, 6) is 0.240. The second kappa shape index (κ2) is 9.83. The van der Waals surface area contributed by atoms with E-state index in [0.717, 1.165) is 12.8 Å². The first-order valence-corrected chi connectivity index (χ1v) is 8.99. The molecule has 7 heteroatoms. The van der Waals surface area contributed by atoms with Gasteiger partial charge in [-0.1, -0.05) is 31.0 Å². The minimum atomic E-state index is -0.374. The van der Waals surface area contributed by atoms with Crippen molar-refractivity contribution in [3.63, 3.8) is 0 Å². The average molecular weight is 391 g/mol. The number of carbonyl (C=O) groups excluding carboxylic acids is 2. The van der Waals surface area contributed by atoms with Crippen LogP contribution in [0.5, 0.6) is 11.5 Å². The molecule has 0 saturated carbocycles. The minimum absolute atomic E-state index is 0.205. The lowest BCUT2D eigenvalue weighted by Gasteiger charge is -2.13. The standard InChI is InChI=1S/C20H23ClN2O4/c1-4-5-9-22-19(24)13-7-6-8-14(10-13)20(25)23-16-12-17(26-2)15(21)11-18(16)27-3/h6-8,10-12H,4-5,9H2,1-3H3,(H,22,24)(H,23,25). The van der Waals surface area contributed by atoms with E-state index in [1.165, 1.54) is 14.2 Å². The van der Waals surface area contributed by atoms with Gasteiger partial charge >= 0.3 is 0 Å². The van der Waals surface area contributed by atoms with Gasteiger partial charge < -0.3 is 20.1 Å². The van der Waals surface area contributed by atoms with Gasteiger partial charge in [0.25, 0.3) is 11.8 Å². The van der Waals surface area contributed by atoms with Crippen LogP contribution in [0.25, 0.3) is 0 Å². The molecule has 2 aromatic carbocycles. The number of benzene rings is 2. The molecule has 2 amide bonds. The Morgan fingerprint density at radius 3 is 2.30 bits per heavy atom. The number of halogens is 1. The Morgan fingerprint density at radius 2 is 1.67 bits per heavy atom. The Hall–Kier alpha value is -2.73. The first kappa shape index (κ1) is 20.6. The van der Waals surface area contributed by atoms with Gasteiger partial charge in [0.2, 0.25) is 0 Å². The highest BCUT2D eigenvalue weighted by atomic mass is 35.5. The first-order valence-electron chi connectivity index (χ1n) is 8.61. The van der Waals surface area contributed by atoms with E-state index < -0.39 is 0 Å². The summed E-state index contributed by atoms with van der Waals surface area (Å²) in [6, 6.07) is 9.68. The Kier molecular flexibility index (Phi) is 7.49. The molecule has 2 N–H and O–H groups in total. The van der Waals surface area contributed by atoms with Crippen molar-refractivity contribution < 1.29 is 19.1 Å². The Labute approximate surface area is 163 Å². The molecule has 144 valence electrons. The number of rotatable bonds is 8. The lowest BCUT2D eigenvalue weighted by atomic mass is 10.1. The maximum Gasteiger partial charge on any atom is 0.255 e. The third-order valence-electron chi connectivity index (χ3n) is 3.92. The van der Waals surface area contributed by atoms with Crippen LogP contribution in [0.2, 0.25) is 5.02 Å². The van der Waals surface area contributed by atoms with E-state index in [2.05, 4.69) is 17.6 Å². The fourth-order valence-electron chi connectivity index (χ4n) is 2.44. The Balaban J connectivity index is 2.19. The molecule has 0 bridgehead atoms. The van der Waals surface area contributed by atoms with Crippen molar-refractivity contribution in [2.45, 2.75) is 19.8 Å². The van der Waals surface area contributed by atoms with Crippen LogP contribution in [0.15, 0.2) is 36.4 Å². The number of amides is 2. The van der Waals surface area contributed by atoms with Crippen LogP contribution in [0.1, 0.15) is 40.5 Å². The fourth-order valence-corrected chi connectivity index (χ4v) is 2.67. The number of methoxy groups -OCH3 is 2. The third kappa shape index (κ3) is 5.37. The number of nitrogens with one attached hydrogen (secondary N) is 2. The molecule has 0 fully saturated rings. The molecule has 2 aromatic rings. The fraction of sp³-hybridized carbons (Fsp3) is 0.300. The number of hydrogen-bond acceptors (Lipinski definition) is 4. The molecule has 0 saturated heterocycles. The van der Waals surface area contributed by atoms with Crippen molar-refractivity contribution in [2.24, 2.45) is 0 Å². The zero-order valence-electron chi connectivity index (χ0n) is 15.6. The topological polar surface area (TPSA) is 76.7 Å². The molecular formula is C20H23ClN2O4. The molecule has 27 heavy (non-hydrogen) atoms. The molecule has 0 heterocycles. The van der Waals surface area contributed by atoms with Crippen LogP contribution in [-0.4, -0.2) is 32.6 Å². The maximum atomic E-state index is 12.6. The second-order valence-corrected chi connectivity index (χ2v) is 6.24. The SMILES string of the molecule is CCCCNC(=O)c1cccc(C(=O)Nc2cc(OC)c(Cl)cc2OC)c1. The normalized spacial score (nSPS) is 10.2. The average Bonchev–Trinajstić information content (AvgIpc) is 2.69. The third-order valence-corrected chi connectivity index (χ3v) is 4.22. The van der Waals surface area contributed by atoms with E-state index >= 15 is 0 Å².